The SMILES string of the molecule is O=C(OCC(=O)N1CCc2ccccc21)c1ccccc1-c1nc2ccccc2s1. The van der Waals surface area contributed by atoms with Crippen molar-refractivity contribution < 1.29 is 14.3 Å². The van der Waals surface area contributed by atoms with Crippen molar-refractivity contribution in [3.05, 3.63) is 83.9 Å². The predicted octanol–water partition coefficient (Wildman–Crippen LogP) is 4.71. The molecule has 0 fully saturated rings. The number of hydrogen-bond donors (Lipinski definition) is 0. The Balaban J connectivity index is 1.34. The summed E-state index contributed by atoms with van der Waals surface area (Å²) in [5.74, 6) is -0.739. The van der Waals surface area contributed by atoms with Crippen molar-refractivity contribution in [3.63, 3.8) is 0 Å². The average Bonchev–Trinajstić information content (AvgIpc) is 3.41. The number of amides is 1. The zero-order valence-corrected chi connectivity index (χ0v) is 16.9. The first-order valence-corrected chi connectivity index (χ1v) is 10.5. The zero-order chi connectivity index (χ0) is 20.5. The highest BCUT2D eigenvalue weighted by Crippen LogP contribution is 2.32. The van der Waals surface area contributed by atoms with Gasteiger partial charge in [-0.1, -0.05) is 48.5 Å². The summed E-state index contributed by atoms with van der Waals surface area (Å²) in [6.45, 7) is 0.319. The first-order chi connectivity index (χ1) is 14.7. The maximum Gasteiger partial charge on any atom is 0.339 e. The number of thiazole rings is 1. The number of anilines is 1. The number of fused-ring (bicyclic) bond motifs is 2. The molecule has 5 rings (SSSR count). The molecule has 0 aliphatic carbocycles. The van der Waals surface area contributed by atoms with Crippen molar-refractivity contribution >= 4 is 39.1 Å². The topological polar surface area (TPSA) is 59.5 Å². The molecule has 0 atom stereocenters. The molecule has 1 aliphatic heterocycles. The molecular formula is C24H18N2O3S. The van der Waals surface area contributed by atoms with Gasteiger partial charge in [-0.05, 0) is 36.2 Å². The first-order valence-electron chi connectivity index (χ1n) is 9.71. The second kappa shape index (κ2) is 7.72. The van der Waals surface area contributed by atoms with Crippen LogP contribution in [-0.4, -0.2) is 30.0 Å². The fourth-order valence-corrected chi connectivity index (χ4v) is 4.72. The Kier molecular flexibility index (Phi) is 4.77. The molecule has 1 aliphatic rings. The van der Waals surface area contributed by atoms with Gasteiger partial charge in [-0.3, -0.25) is 4.79 Å². The van der Waals surface area contributed by atoms with E-state index in [4.69, 9.17) is 4.74 Å². The summed E-state index contributed by atoms with van der Waals surface area (Å²) in [4.78, 5) is 31.8. The van der Waals surface area contributed by atoms with Crippen LogP contribution in [0.3, 0.4) is 0 Å². The Labute approximate surface area is 177 Å². The Morgan fingerprint density at radius 1 is 0.967 bits per heavy atom. The average molecular weight is 414 g/mol. The quantitative estimate of drug-likeness (QED) is 0.454. The van der Waals surface area contributed by atoms with Gasteiger partial charge in [-0.2, -0.15) is 0 Å². The molecule has 0 unspecified atom stereocenters. The van der Waals surface area contributed by atoms with Crippen LogP contribution >= 0.6 is 11.3 Å². The van der Waals surface area contributed by atoms with Gasteiger partial charge in [0.15, 0.2) is 6.61 Å². The number of ether oxygens (including phenoxy) is 1. The molecule has 0 radical (unpaired) electrons. The van der Waals surface area contributed by atoms with Crippen molar-refractivity contribution in [2.24, 2.45) is 0 Å². The van der Waals surface area contributed by atoms with Gasteiger partial charge in [0.2, 0.25) is 0 Å². The van der Waals surface area contributed by atoms with Crippen molar-refractivity contribution in [2.45, 2.75) is 6.42 Å². The second-order valence-corrected chi connectivity index (χ2v) is 8.06. The van der Waals surface area contributed by atoms with Crippen LogP contribution in [0.2, 0.25) is 0 Å². The van der Waals surface area contributed by atoms with E-state index >= 15 is 0 Å². The summed E-state index contributed by atoms with van der Waals surface area (Å²) in [5.41, 5.74) is 4.05. The molecule has 1 aromatic heterocycles. The van der Waals surface area contributed by atoms with Crippen LogP contribution in [0.5, 0.6) is 0 Å². The van der Waals surface area contributed by atoms with Crippen LogP contribution in [0.15, 0.2) is 72.8 Å². The van der Waals surface area contributed by atoms with E-state index in [1.807, 2.05) is 60.7 Å². The molecule has 0 spiro atoms. The third-order valence-electron chi connectivity index (χ3n) is 5.19. The van der Waals surface area contributed by atoms with E-state index in [0.29, 0.717) is 17.7 Å². The van der Waals surface area contributed by atoms with Gasteiger partial charge < -0.3 is 9.64 Å². The minimum atomic E-state index is -0.523. The molecule has 0 bridgehead atoms. The number of carbonyl (C=O) groups excluding carboxylic acids is 2. The van der Waals surface area contributed by atoms with E-state index in [1.165, 1.54) is 11.3 Å². The highest BCUT2D eigenvalue weighted by molar-refractivity contribution is 7.21. The maximum absolute atomic E-state index is 12.8. The third kappa shape index (κ3) is 3.35. The van der Waals surface area contributed by atoms with E-state index in [1.54, 1.807) is 17.0 Å². The molecule has 30 heavy (non-hydrogen) atoms. The number of esters is 1. The third-order valence-corrected chi connectivity index (χ3v) is 6.26. The smallest absolute Gasteiger partial charge is 0.339 e. The van der Waals surface area contributed by atoms with Gasteiger partial charge in [0.1, 0.15) is 5.01 Å². The number of benzene rings is 3. The van der Waals surface area contributed by atoms with Crippen molar-refractivity contribution in [2.75, 3.05) is 18.1 Å². The van der Waals surface area contributed by atoms with Gasteiger partial charge in [0.25, 0.3) is 5.91 Å². The minimum Gasteiger partial charge on any atom is -0.452 e. The van der Waals surface area contributed by atoms with Gasteiger partial charge in [0.05, 0.1) is 15.8 Å². The fraction of sp³-hybridized carbons (Fsp3) is 0.125. The summed E-state index contributed by atoms with van der Waals surface area (Å²) in [5, 5.41) is 0.753. The van der Waals surface area contributed by atoms with Crippen LogP contribution in [0.25, 0.3) is 20.8 Å². The van der Waals surface area contributed by atoms with Crippen molar-refractivity contribution in [1.82, 2.24) is 4.98 Å². The van der Waals surface area contributed by atoms with Crippen LogP contribution in [0, 0.1) is 0 Å². The highest BCUT2D eigenvalue weighted by Gasteiger charge is 2.25. The van der Waals surface area contributed by atoms with Crippen LogP contribution in [0.1, 0.15) is 15.9 Å². The van der Waals surface area contributed by atoms with E-state index in [9.17, 15) is 9.59 Å². The fourth-order valence-electron chi connectivity index (χ4n) is 3.72. The van der Waals surface area contributed by atoms with Crippen LogP contribution < -0.4 is 4.90 Å². The van der Waals surface area contributed by atoms with Gasteiger partial charge in [0, 0.05) is 17.8 Å². The summed E-state index contributed by atoms with van der Waals surface area (Å²) in [6.07, 6.45) is 0.816. The highest BCUT2D eigenvalue weighted by atomic mass is 32.1. The van der Waals surface area contributed by atoms with Crippen molar-refractivity contribution in [1.29, 1.82) is 0 Å². The molecule has 6 heteroatoms. The second-order valence-electron chi connectivity index (χ2n) is 7.03. The van der Waals surface area contributed by atoms with Gasteiger partial charge >= 0.3 is 5.97 Å². The number of hydrogen-bond acceptors (Lipinski definition) is 5. The van der Waals surface area contributed by atoms with Gasteiger partial charge in [-0.25, -0.2) is 9.78 Å². The molecule has 0 N–H and O–H groups in total. The van der Waals surface area contributed by atoms with E-state index in [-0.39, 0.29) is 12.5 Å². The standard InChI is InChI=1S/C24H18N2O3S/c27-22(26-14-13-16-7-1-5-11-20(16)26)15-29-24(28)18-9-3-2-8-17(18)23-25-19-10-4-6-12-21(19)30-23/h1-12H,13-15H2. The molecule has 0 saturated carbocycles. The number of aromatic nitrogens is 1. The number of para-hydroxylation sites is 2. The Bertz CT molecular complexity index is 1230. The van der Waals surface area contributed by atoms with Crippen molar-refractivity contribution in [3.8, 4) is 10.6 Å². The predicted molar refractivity (Wildman–Crippen MR) is 118 cm³/mol. The monoisotopic (exact) mass is 414 g/mol. The number of carbonyl (C=O) groups is 2. The van der Waals surface area contributed by atoms with Crippen LogP contribution in [-0.2, 0) is 16.0 Å². The molecule has 0 saturated heterocycles. The van der Waals surface area contributed by atoms with E-state index < -0.39 is 5.97 Å². The zero-order valence-electron chi connectivity index (χ0n) is 16.1. The van der Waals surface area contributed by atoms with E-state index in [2.05, 4.69) is 4.98 Å². The molecule has 1 amide bonds. The molecule has 5 nitrogen and oxygen atoms in total. The summed E-state index contributed by atoms with van der Waals surface area (Å²) >= 11 is 1.52. The molecule has 4 aromatic rings. The van der Waals surface area contributed by atoms with Crippen LogP contribution in [0.4, 0.5) is 5.69 Å². The lowest BCUT2D eigenvalue weighted by Crippen LogP contribution is -2.33. The van der Waals surface area contributed by atoms with Gasteiger partial charge in [-0.15, -0.1) is 11.3 Å². The minimum absolute atomic E-state index is 0.217. The first kappa shape index (κ1) is 18.5. The lowest BCUT2D eigenvalue weighted by Gasteiger charge is -2.17. The molecular weight excluding hydrogens is 396 g/mol. The number of nitrogens with zero attached hydrogens (tertiary/aromatic N) is 2. The lowest BCUT2D eigenvalue weighted by molar-refractivity contribution is -0.121. The Morgan fingerprint density at radius 3 is 2.63 bits per heavy atom. The van der Waals surface area contributed by atoms with E-state index in [0.717, 1.165) is 32.9 Å². The lowest BCUT2D eigenvalue weighted by atomic mass is 10.1. The Morgan fingerprint density at radius 2 is 1.73 bits per heavy atom. The largest absolute Gasteiger partial charge is 0.452 e. The normalized spacial score (nSPS) is 12.7. The summed E-state index contributed by atoms with van der Waals surface area (Å²) < 4.78 is 6.45. The summed E-state index contributed by atoms with van der Waals surface area (Å²) in [6, 6.07) is 22.9. The molecule has 148 valence electrons. The summed E-state index contributed by atoms with van der Waals surface area (Å²) in [7, 11) is 0. The molecule has 2 heterocycles. The maximum atomic E-state index is 12.8. The molecule has 3 aromatic carbocycles. The number of rotatable bonds is 4. The Hall–Kier alpha value is -3.51.